The number of hydrogen-bond donors (Lipinski definition) is 1. The number of aromatic amines is 1. The summed E-state index contributed by atoms with van der Waals surface area (Å²) in [6, 6.07) is 0. The topological polar surface area (TPSA) is 85.2 Å². The Morgan fingerprint density at radius 1 is 0.963 bits per heavy atom. The van der Waals surface area contributed by atoms with Crippen molar-refractivity contribution in [2.75, 3.05) is 23.0 Å². The van der Waals surface area contributed by atoms with Gasteiger partial charge in [-0.2, -0.15) is 38.9 Å². The molecule has 0 spiro atoms. The quantitative estimate of drug-likeness (QED) is 0.472. The first-order valence-corrected chi connectivity index (χ1v) is 12.0. The average Bonchev–Trinajstić information content (AvgIpc) is 3.33. The minimum absolute atomic E-state index is 0.000329. The smallest absolute Gasteiger partial charge is 0.138 e. The van der Waals surface area contributed by atoms with Crippen LogP contribution >= 0.6 is 23.5 Å². The van der Waals surface area contributed by atoms with E-state index in [0.717, 1.165) is 18.5 Å². The summed E-state index contributed by atoms with van der Waals surface area (Å²) in [5.74, 6) is 4.95. The molecular weight excluding hydrogens is 378 g/mol. The van der Waals surface area contributed by atoms with Crippen LogP contribution in [0.25, 0.3) is 0 Å². The van der Waals surface area contributed by atoms with Crippen molar-refractivity contribution in [2.45, 2.75) is 70.8 Å². The molecule has 0 aliphatic carbocycles. The third kappa shape index (κ3) is 7.81. The number of thioether (sulfide) groups is 2. The van der Waals surface area contributed by atoms with Gasteiger partial charge in [0.05, 0.1) is 17.4 Å². The molecule has 0 saturated carbocycles. The average molecular weight is 412 g/mol. The Kier molecular flexibility index (Phi) is 9.08. The maximum Gasteiger partial charge on any atom is 0.138 e. The molecule has 2 aromatic heterocycles. The Hall–Kier alpha value is -1.09. The highest BCUT2D eigenvalue weighted by atomic mass is 32.2. The molecule has 0 aliphatic heterocycles. The number of hydrogen-bond acceptors (Lipinski definition) is 7. The van der Waals surface area contributed by atoms with Crippen molar-refractivity contribution in [3.8, 4) is 0 Å². The fraction of sp³-hybridized carbons (Fsp3) is 0.833. The van der Waals surface area contributed by atoms with Crippen LogP contribution in [0.2, 0.25) is 0 Å². The van der Waals surface area contributed by atoms with Crippen molar-refractivity contribution >= 4 is 23.5 Å². The summed E-state index contributed by atoms with van der Waals surface area (Å²) in [4.78, 5) is 0. The Balaban J connectivity index is 1.42. The standard InChI is InChI=1S/C18H33N7S2/c1-17(2,16-14-19-22-21-16)8-5-10-26-12-7-13-27-11-6-9-18(3,4)25-15-20-23-24-25/h14-15H,5-13H2,1-4H3,(H,19,21,22). The zero-order valence-corrected chi connectivity index (χ0v) is 18.7. The van der Waals surface area contributed by atoms with Gasteiger partial charge in [0, 0.05) is 5.41 Å². The predicted molar refractivity (Wildman–Crippen MR) is 114 cm³/mol. The fourth-order valence-corrected chi connectivity index (χ4v) is 4.88. The number of rotatable bonds is 14. The van der Waals surface area contributed by atoms with E-state index in [9.17, 15) is 0 Å². The molecule has 1 N–H and O–H groups in total. The van der Waals surface area contributed by atoms with Gasteiger partial charge < -0.3 is 0 Å². The molecule has 7 nitrogen and oxygen atoms in total. The summed E-state index contributed by atoms with van der Waals surface area (Å²) < 4.78 is 1.86. The maximum absolute atomic E-state index is 4.22. The minimum atomic E-state index is -0.000329. The lowest BCUT2D eigenvalue weighted by atomic mass is 9.85. The molecule has 2 rings (SSSR count). The van der Waals surface area contributed by atoms with E-state index in [1.54, 1.807) is 6.33 Å². The third-order valence-corrected chi connectivity index (χ3v) is 7.13. The Bertz CT molecular complexity index is 557. The first-order valence-electron chi connectivity index (χ1n) is 9.67. The van der Waals surface area contributed by atoms with Crippen LogP contribution in [-0.4, -0.2) is 58.6 Å². The number of H-pyrrole nitrogens is 1. The molecule has 152 valence electrons. The van der Waals surface area contributed by atoms with Crippen LogP contribution in [0, 0.1) is 0 Å². The molecule has 0 amide bonds. The van der Waals surface area contributed by atoms with E-state index >= 15 is 0 Å². The van der Waals surface area contributed by atoms with Gasteiger partial charge >= 0.3 is 0 Å². The molecule has 0 radical (unpaired) electrons. The maximum atomic E-state index is 4.22. The van der Waals surface area contributed by atoms with E-state index in [0.29, 0.717) is 0 Å². The Morgan fingerprint density at radius 2 is 1.63 bits per heavy atom. The third-order valence-electron chi connectivity index (χ3n) is 4.82. The van der Waals surface area contributed by atoms with Gasteiger partial charge in [-0.05, 0) is 79.4 Å². The van der Waals surface area contributed by atoms with Crippen molar-refractivity contribution in [1.29, 1.82) is 0 Å². The summed E-state index contributed by atoms with van der Waals surface area (Å²) >= 11 is 4.14. The summed E-state index contributed by atoms with van der Waals surface area (Å²) in [5.41, 5.74) is 1.17. The zero-order chi connectivity index (χ0) is 19.6. The van der Waals surface area contributed by atoms with E-state index in [2.05, 4.69) is 82.2 Å². The Labute approximate surface area is 171 Å². The lowest BCUT2D eigenvalue weighted by Crippen LogP contribution is -2.27. The molecule has 2 aromatic rings. The van der Waals surface area contributed by atoms with E-state index in [4.69, 9.17) is 0 Å². The number of nitrogens with zero attached hydrogens (tertiary/aromatic N) is 6. The van der Waals surface area contributed by atoms with Crippen molar-refractivity contribution in [3.05, 3.63) is 18.2 Å². The lowest BCUT2D eigenvalue weighted by Gasteiger charge is -2.23. The number of aromatic nitrogens is 7. The lowest BCUT2D eigenvalue weighted by molar-refractivity contribution is 0.287. The second kappa shape index (κ2) is 11.0. The zero-order valence-electron chi connectivity index (χ0n) is 17.0. The van der Waals surface area contributed by atoms with Crippen molar-refractivity contribution in [2.24, 2.45) is 0 Å². The van der Waals surface area contributed by atoms with Crippen LogP contribution in [-0.2, 0) is 11.0 Å². The molecule has 0 unspecified atom stereocenters. The highest BCUT2D eigenvalue weighted by Gasteiger charge is 2.22. The summed E-state index contributed by atoms with van der Waals surface area (Å²) in [6.07, 6.45) is 9.51. The van der Waals surface area contributed by atoms with E-state index in [1.807, 2.05) is 10.9 Å². The Morgan fingerprint density at radius 3 is 2.22 bits per heavy atom. The first kappa shape index (κ1) is 22.2. The van der Waals surface area contributed by atoms with Gasteiger partial charge in [-0.15, -0.1) is 5.10 Å². The van der Waals surface area contributed by atoms with Gasteiger partial charge in [-0.1, -0.05) is 13.8 Å². The van der Waals surface area contributed by atoms with Gasteiger partial charge in [0.1, 0.15) is 6.33 Å². The van der Waals surface area contributed by atoms with Gasteiger partial charge in [0.25, 0.3) is 0 Å². The van der Waals surface area contributed by atoms with Gasteiger partial charge in [0.15, 0.2) is 0 Å². The van der Waals surface area contributed by atoms with Crippen LogP contribution in [0.3, 0.4) is 0 Å². The molecular formula is C18H33N7S2. The molecule has 27 heavy (non-hydrogen) atoms. The largest absolute Gasteiger partial charge is 0.227 e. The van der Waals surface area contributed by atoms with Gasteiger partial charge in [0.2, 0.25) is 0 Å². The van der Waals surface area contributed by atoms with Crippen LogP contribution in [0.1, 0.15) is 65.5 Å². The van der Waals surface area contributed by atoms with Crippen molar-refractivity contribution < 1.29 is 0 Å². The summed E-state index contributed by atoms with van der Waals surface area (Å²) in [5, 5.41) is 22.3. The molecule has 0 saturated heterocycles. The summed E-state index contributed by atoms with van der Waals surface area (Å²) in [6.45, 7) is 8.86. The van der Waals surface area contributed by atoms with Gasteiger partial charge in [-0.25, -0.2) is 4.68 Å². The molecule has 0 fully saturated rings. The second-order valence-electron chi connectivity index (χ2n) is 8.09. The molecule has 2 heterocycles. The van der Waals surface area contributed by atoms with E-state index in [1.165, 1.54) is 42.3 Å². The predicted octanol–water partition coefficient (Wildman–Crippen LogP) is 3.92. The molecule has 0 aliphatic rings. The number of nitrogens with one attached hydrogen (secondary N) is 1. The van der Waals surface area contributed by atoms with Crippen molar-refractivity contribution in [3.63, 3.8) is 0 Å². The van der Waals surface area contributed by atoms with Gasteiger partial charge in [-0.3, -0.25) is 0 Å². The molecule has 9 heteroatoms. The molecule has 0 bridgehead atoms. The highest BCUT2D eigenvalue weighted by molar-refractivity contribution is 8.00. The van der Waals surface area contributed by atoms with Crippen LogP contribution < -0.4 is 0 Å². The molecule has 0 aromatic carbocycles. The van der Waals surface area contributed by atoms with Crippen LogP contribution in [0.5, 0.6) is 0 Å². The van der Waals surface area contributed by atoms with Crippen molar-refractivity contribution in [1.82, 2.24) is 35.6 Å². The normalized spacial score (nSPS) is 12.6. The first-order chi connectivity index (χ1) is 12.9. The van der Waals surface area contributed by atoms with E-state index in [-0.39, 0.29) is 11.0 Å². The molecule has 0 atom stereocenters. The van der Waals surface area contributed by atoms with Crippen LogP contribution in [0.15, 0.2) is 12.5 Å². The highest BCUT2D eigenvalue weighted by Crippen LogP contribution is 2.27. The minimum Gasteiger partial charge on any atom is -0.227 e. The fourth-order valence-electron chi connectivity index (χ4n) is 2.90. The monoisotopic (exact) mass is 411 g/mol. The summed E-state index contributed by atoms with van der Waals surface area (Å²) in [7, 11) is 0. The SMILES string of the molecule is CC(C)(CCCSCCCSCCCC(C)(C)n1cnnn1)c1cn[nH]n1. The van der Waals surface area contributed by atoms with Crippen LogP contribution in [0.4, 0.5) is 0 Å². The second-order valence-corrected chi connectivity index (χ2v) is 10.5. The van der Waals surface area contributed by atoms with E-state index < -0.39 is 0 Å². The number of tetrazole rings is 1.